The number of fused-ring (bicyclic) bond motifs is 1. The Morgan fingerprint density at radius 3 is 2.70 bits per heavy atom. The summed E-state index contributed by atoms with van der Waals surface area (Å²) in [5, 5.41) is 0.00603. The number of nitrogens with zero attached hydrogens (tertiary/aromatic N) is 1. The maximum absolute atomic E-state index is 12.5. The first-order chi connectivity index (χ1) is 17.0. The van der Waals surface area contributed by atoms with E-state index in [4.69, 9.17) is 30.0 Å². The van der Waals surface area contributed by atoms with Crippen molar-refractivity contribution >= 4 is 37.2 Å². The third-order valence-corrected chi connectivity index (χ3v) is 18.8. The van der Waals surface area contributed by atoms with E-state index in [9.17, 15) is 9.59 Å². The first-order valence-electron chi connectivity index (χ1n) is 13.0. The van der Waals surface area contributed by atoms with Crippen LogP contribution in [0.3, 0.4) is 0 Å². The number of allylic oxidation sites excluding steroid dienone is 1. The second-order valence-electron chi connectivity index (χ2n) is 12.4. The fourth-order valence-corrected chi connectivity index (χ4v) is 13.5. The lowest BCUT2D eigenvalue weighted by Crippen LogP contribution is -2.46. The fourth-order valence-electron chi connectivity index (χ4n) is 4.96. The van der Waals surface area contributed by atoms with Crippen molar-refractivity contribution in [1.29, 1.82) is 0 Å². The second-order valence-corrected chi connectivity index (χ2v) is 23.7. The predicted molar refractivity (Wildman–Crippen MR) is 155 cm³/mol. The molecule has 0 spiro atoms. The number of aromatic amines is 1. The van der Waals surface area contributed by atoms with Crippen LogP contribution in [0.2, 0.25) is 18.1 Å². The zero-order valence-corrected chi connectivity index (χ0v) is 26.5. The number of hydrogen-bond donors (Lipinski definition) is 1. The molecule has 1 aliphatic carbocycles. The van der Waals surface area contributed by atoms with Gasteiger partial charge in [-0.3, -0.25) is 14.3 Å². The van der Waals surface area contributed by atoms with Crippen LogP contribution < -0.4 is 11.2 Å². The Morgan fingerprint density at radius 1 is 1.38 bits per heavy atom. The summed E-state index contributed by atoms with van der Waals surface area (Å²) in [6, 6.07) is 1.33. The third kappa shape index (κ3) is 6.29. The second kappa shape index (κ2) is 10.5. The standard InChI is InChI=1S/C25H41N2O6PS2Si/c1-16(2)17-9-11-25(6)20(13-17)32-34(35,36-25)30-15-19-18(33-37(7,8)24(3,4)5)14-22(31-19)27-12-10-21(28)26-23(27)29/h10,12,17-20,22H,1,9,11,13-15H2,2-8H3,(H,26,28,29)/t17-,18-,19+,20+,22+,25+,34?/m0/s1. The van der Waals surface area contributed by atoms with E-state index in [1.54, 1.807) is 11.4 Å². The van der Waals surface area contributed by atoms with Gasteiger partial charge in [0.15, 0.2) is 8.32 Å². The smallest absolute Gasteiger partial charge is 0.330 e. The fraction of sp³-hybridized carbons (Fsp3) is 0.760. The molecule has 208 valence electrons. The molecule has 12 heteroatoms. The van der Waals surface area contributed by atoms with Gasteiger partial charge < -0.3 is 18.2 Å². The van der Waals surface area contributed by atoms with E-state index in [0.29, 0.717) is 12.3 Å². The maximum atomic E-state index is 12.5. The number of nitrogens with one attached hydrogen (secondary N) is 1. The molecule has 1 saturated carbocycles. The Labute approximate surface area is 229 Å². The minimum atomic E-state index is -2.59. The van der Waals surface area contributed by atoms with Gasteiger partial charge in [-0.05, 0) is 69.0 Å². The van der Waals surface area contributed by atoms with E-state index < -0.39 is 37.6 Å². The van der Waals surface area contributed by atoms with Crippen LogP contribution in [0.1, 0.15) is 66.5 Å². The molecule has 4 rings (SSSR count). The molecule has 3 aliphatic rings. The van der Waals surface area contributed by atoms with Crippen molar-refractivity contribution < 1.29 is 18.2 Å². The van der Waals surface area contributed by atoms with Crippen molar-refractivity contribution in [3.8, 4) is 0 Å². The van der Waals surface area contributed by atoms with Crippen molar-refractivity contribution in [2.45, 2.75) is 108 Å². The van der Waals surface area contributed by atoms with Crippen molar-refractivity contribution in [2.75, 3.05) is 6.61 Å². The van der Waals surface area contributed by atoms with Crippen LogP contribution >= 0.6 is 17.1 Å². The quantitative estimate of drug-likeness (QED) is 0.246. The van der Waals surface area contributed by atoms with E-state index in [-0.39, 0.29) is 28.6 Å². The van der Waals surface area contributed by atoms with Crippen LogP contribution in [-0.4, -0.2) is 47.5 Å². The Morgan fingerprint density at radius 2 is 2.08 bits per heavy atom. The molecule has 1 aromatic heterocycles. The number of H-pyrrole nitrogens is 1. The minimum Gasteiger partial charge on any atom is -0.411 e. The van der Waals surface area contributed by atoms with Crippen molar-refractivity contribution in [3.05, 3.63) is 45.3 Å². The molecule has 1 unspecified atom stereocenters. The SMILES string of the molecule is C=C(C)[C@H]1CC[C@@]2(C)SP(=S)(OC[C@H]3O[C@@H](n4ccc(=O)[nH]c4=O)C[C@@H]3O[Si](C)(C)C(C)(C)C)O[C@@H]2C1. The summed E-state index contributed by atoms with van der Waals surface area (Å²) in [6.45, 7) is 19.7. The molecule has 3 heterocycles. The Kier molecular flexibility index (Phi) is 8.33. The highest BCUT2D eigenvalue weighted by atomic mass is 32.9. The van der Waals surface area contributed by atoms with Gasteiger partial charge in [-0.2, -0.15) is 0 Å². The number of ether oxygens (including phenoxy) is 1. The number of rotatable bonds is 7. The van der Waals surface area contributed by atoms with Gasteiger partial charge in [0.25, 0.3) is 5.56 Å². The molecular weight excluding hydrogens is 547 g/mol. The topological polar surface area (TPSA) is 91.8 Å². The highest BCUT2D eigenvalue weighted by molar-refractivity contribution is 8.68. The van der Waals surface area contributed by atoms with E-state index in [0.717, 1.165) is 19.3 Å². The van der Waals surface area contributed by atoms with Gasteiger partial charge in [0.2, 0.25) is 5.69 Å². The first-order valence-corrected chi connectivity index (χ1v) is 19.9. The highest BCUT2D eigenvalue weighted by Crippen LogP contribution is 2.75. The molecule has 37 heavy (non-hydrogen) atoms. The average Bonchev–Trinajstić information content (AvgIpc) is 3.27. The summed E-state index contributed by atoms with van der Waals surface area (Å²) in [7, 11) is -2.14. The summed E-state index contributed by atoms with van der Waals surface area (Å²) < 4.78 is 27.3. The predicted octanol–water partition coefficient (Wildman–Crippen LogP) is 5.72. The zero-order valence-electron chi connectivity index (χ0n) is 22.9. The van der Waals surface area contributed by atoms with E-state index in [1.807, 2.05) is 0 Å². The normalized spacial score (nSPS) is 36.5. The van der Waals surface area contributed by atoms with Crippen LogP contribution in [0, 0.1) is 5.92 Å². The number of hydrogen-bond acceptors (Lipinski definition) is 8. The molecule has 0 aromatic carbocycles. The van der Waals surface area contributed by atoms with Crippen LogP contribution in [-0.2, 0) is 30.0 Å². The van der Waals surface area contributed by atoms with Gasteiger partial charge in [-0.15, -0.1) is 0 Å². The highest BCUT2D eigenvalue weighted by Gasteiger charge is 2.54. The van der Waals surface area contributed by atoms with Crippen LogP contribution in [0.5, 0.6) is 0 Å². The van der Waals surface area contributed by atoms with Crippen molar-refractivity contribution in [1.82, 2.24) is 9.55 Å². The monoisotopic (exact) mass is 588 g/mol. The lowest BCUT2D eigenvalue weighted by Gasteiger charge is -2.39. The molecule has 1 N–H and O–H groups in total. The lowest BCUT2D eigenvalue weighted by atomic mass is 9.77. The molecule has 0 bridgehead atoms. The Balaban J connectivity index is 1.51. The van der Waals surface area contributed by atoms with E-state index in [2.05, 4.69) is 59.3 Å². The lowest BCUT2D eigenvalue weighted by molar-refractivity contribution is -0.0395. The van der Waals surface area contributed by atoms with Gasteiger partial charge in [-0.1, -0.05) is 44.3 Å². The molecule has 2 saturated heterocycles. The average molecular weight is 589 g/mol. The maximum Gasteiger partial charge on any atom is 0.330 e. The third-order valence-electron chi connectivity index (χ3n) is 8.43. The molecule has 0 radical (unpaired) electrons. The zero-order chi connectivity index (χ0) is 27.4. The Bertz CT molecular complexity index is 1200. The van der Waals surface area contributed by atoms with Crippen LogP contribution in [0.25, 0.3) is 0 Å². The summed E-state index contributed by atoms with van der Waals surface area (Å²) in [5.74, 6) is 0.456. The molecule has 2 aliphatic heterocycles. The van der Waals surface area contributed by atoms with Crippen LogP contribution in [0.15, 0.2) is 34.0 Å². The molecule has 3 fully saturated rings. The van der Waals surface area contributed by atoms with Gasteiger partial charge in [0.1, 0.15) is 12.3 Å². The molecule has 1 aromatic rings. The van der Waals surface area contributed by atoms with Gasteiger partial charge in [0.05, 0.1) is 18.8 Å². The minimum absolute atomic E-state index is 0.00603. The van der Waals surface area contributed by atoms with Crippen molar-refractivity contribution in [3.63, 3.8) is 0 Å². The molecular formula is C25H41N2O6PS2Si. The number of aromatic nitrogens is 2. The van der Waals surface area contributed by atoms with E-state index >= 15 is 0 Å². The molecule has 8 nitrogen and oxygen atoms in total. The summed E-state index contributed by atoms with van der Waals surface area (Å²) in [4.78, 5) is 26.4. The molecule has 0 amide bonds. The Hall–Kier alpha value is -0.523. The molecule has 7 atom stereocenters. The summed E-state index contributed by atoms with van der Waals surface area (Å²) in [5.41, 5.74) is -2.33. The van der Waals surface area contributed by atoms with Gasteiger partial charge in [-0.25, -0.2) is 4.79 Å². The van der Waals surface area contributed by atoms with Crippen LogP contribution in [0.4, 0.5) is 0 Å². The summed E-state index contributed by atoms with van der Waals surface area (Å²) >= 11 is 7.67. The van der Waals surface area contributed by atoms with Gasteiger partial charge in [0, 0.05) is 23.4 Å². The van der Waals surface area contributed by atoms with Gasteiger partial charge >= 0.3 is 5.69 Å². The van der Waals surface area contributed by atoms with Crippen molar-refractivity contribution in [2.24, 2.45) is 5.92 Å². The first kappa shape index (κ1) is 29.5. The summed E-state index contributed by atoms with van der Waals surface area (Å²) in [6.07, 6.45) is 3.78. The largest absolute Gasteiger partial charge is 0.411 e. The van der Waals surface area contributed by atoms with E-state index in [1.165, 1.54) is 22.4 Å².